The van der Waals surface area contributed by atoms with Crippen molar-refractivity contribution in [2.75, 3.05) is 52.7 Å². The molecule has 6 nitrogen and oxygen atoms in total. The predicted octanol–water partition coefficient (Wildman–Crippen LogP) is 1.68. The Morgan fingerprint density at radius 3 is 1.81 bits per heavy atom. The molecule has 0 aromatic heterocycles. The first-order valence-electron chi connectivity index (χ1n) is 7.70. The maximum absolute atomic E-state index is 11.5. The monoisotopic (exact) mass is 310 g/mol. The minimum atomic E-state index is -0.355. The highest BCUT2D eigenvalue weighted by Gasteiger charge is 2.20. The van der Waals surface area contributed by atoms with E-state index in [1.165, 1.54) is 0 Å². The molecule has 0 saturated carbocycles. The molecule has 0 saturated heterocycles. The van der Waals surface area contributed by atoms with E-state index in [1.807, 2.05) is 34.6 Å². The van der Waals surface area contributed by atoms with E-state index in [4.69, 9.17) is 19.9 Å². The van der Waals surface area contributed by atoms with Crippen molar-refractivity contribution in [1.29, 1.82) is 0 Å². The lowest BCUT2D eigenvalue weighted by atomic mass is 9.96. The minimum Gasteiger partial charge on any atom is -0.378 e. The first kappa shape index (κ1) is 22.6. The van der Waals surface area contributed by atoms with Crippen molar-refractivity contribution < 1.29 is 21.9 Å². The van der Waals surface area contributed by atoms with Crippen LogP contribution in [-0.2, 0) is 19.0 Å². The van der Waals surface area contributed by atoms with Gasteiger partial charge in [0.15, 0.2) is 0 Å². The summed E-state index contributed by atoms with van der Waals surface area (Å²) >= 11 is 0. The summed E-state index contributed by atoms with van der Waals surface area (Å²) < 4.78 is 15.8. The first-order valence-corrected chi connectivity index (χ1v) is 7.70. The largest absolute Gasteiger partial charge is 0.378 e. The van der Waals surface area contributed by atoms with Crippen LogP contribution in [0.2, 0.25) is 0 Å². The number of amides is 1. The zero-order chi connectivity index (χ0) is 16.6. The molecule has 0 spiro atoms. The van der Waals surface area contributed by atoms with Crippen LogP contribution >= 0.6 is 0 Å². The smallest absolute Gasteiger partial charge is 0.225 e. The molecule has 0 aromatic carbocycles. The van der Waals surface area contributed by atoms with Gasteiger partial charge in [-0.15, -0.1) is 0 Å². The molecule has 0 aliphatic rings. The van der Waals surface area contributed by atoms with Gasteiger partial charge in [-0.2, -0.15) is 0 Å². The van der Waals surface area contributed by atoms with Crippen LogP contribution in [0.25, 0.3) is 0 Å². The van der Waals surface area contributed by atoms with E-state index in [-0.39, 0.29) is 14.2 Å². The lowest BCUT2D eigenvalue weighted by Crippen LogP contribution is -2.36. The summed E-state index contributed by atoms with van der Waals surface area (Å²) in [5.41, 5.74) is 4.92. The van der Waals surface area contributed by atoms with Crippen LogP contribution in [0.3, 0.4) is 0 Å². The molecular formula is C15H38N2O4. The number of carbonyl (C=O) groups excluding carboxylic acids is 1. The highest BCUT2D eigenvalue weighted by atomic mass is 16.5. The Balaban J connectivity index is -0.000000432. The standard InChI is InChI=1S/C13H28N2O4.C2H6.2H2/c1-13(2,3)12(16)15-5-7-18-9-11-19-10-8-17-6-4-14;1-2;;/h4-11,14H2,1-3H3,(H,15,16);1-2H3;2*1H. The Morgan fingerprint density at radius 2 is 1.38 bits per heavy atom. The van der Waals surface area contributed by atoms with Gasteiger partial charge in [0.2, 0.25) is 5.91 Å². The van der Waals surface area contributed by atoms with E-state index < -0.39 is 0 Å². The Hall–Kier alpha value is -0.690. The molecule has 21 heavy (non-hydrogen) atoms. The summed E-state index contributed by atoms with van der Waals surface area (Å²) in [6.45, 7) is 13.9. The summed E-state index contributed by atoms with van der Waals surface area (Å²) in [6.07, 6.45) is 0. The van der Waals surface area contributed by atoms with Gasteiger partial charge in [-0.25, -0.2) is 0 Å². The SMILES string of the molecule is CC.CC(C)(C)C(=O)NCCOCCOCCOCCN.[HH].[HH]. The van der Waals surface area contributed by atoms with Gasteiger partial charge in [0.25, 0.3) is 0 Å². The van der Waals surface area contributed by atoms with Gasteiger partial charge in [0, 0.05) is 21.4 Å². The Labute approximate surface area is 132 Å². The summed E-state index contributed by atoms with van der Waals surface area (Å²) in [5, 5.41) is 2.81. The van der Waals surface area contributed by atoms with Crippen molar-refractivity contribution in [1.82, 2.24) is 5.32 Å². The third-order valence-corrected chi connectivity index (χ3v) is 2.22. The summed E-state index contributed by atoms with van der Waals surface area (Å²) in [5.74, 6) is 0.0319. The van der Waals surface area contributed by atoms with Crippen molar-refractivity contribution in [2.24, 2.45) is 11.1 Å². The second-order valence-corrected chi connectivity index (χ2v) is 5.13. The maximum Gasteiger partial charge on any atom is 0.225 e. The molecule has 1 amide bonds. The van der Waals surface area contributed by atoms with E-state index >= 15 is 0 Å². The minimum absolute atomic E-state index is 0. The Kier molecular flexibility index (Phi) is 16.9. The van der Waals surface area contributed by atoms with E-state index in [0.29, 0.717) is 52.7 Å². The summed E-state index contributed by atoms with van der Waals surface area (Å²) in [4.78, 5) is 11.5. The van der Waals surface area contributed by atoms with Gasteiger partial charge < -0.3 is 25.3 Å². The molecule has 0 fully saturated rings. The molecule has 0 radical (unpaired) electrons. The quantitative estimate of drug-likeness (QED) is 0.567. The Bertz CT molecular complexity index is 240. The normalized spacial score (nSPS) is 10.8. The summed E-state index contributed by atoms with van der Waals surface area (Å²) in [6, 6.07) is 0. The average molecular weight is 310 g/mol. The zero-order valence-corrected chi connectivity index (χ0v) is 14.4. The third kappa shape index (κ3) is 17.3. The number of ether oxygens (including phenoxy) is 3. The second-order valence-electron chi connectivity index (χ2n) is 5.13. The maximum atomic E-state index is 11.5. The van der Waals surface area contributed by atoms with E-state index in [2.05, 4.69) is 5.32 Å². The van der Waals surface area contributed by atoms with E-state index in [1.54, 1.807) is 0 Å². The van der Waals surface area contributed by atoms with Crippen LogP contribution < -0.4 is 11.1 Å². The first-order chi connectivity index (χ1) is 9.98. The molecule has 0 aliphatic heterocycles. The fraction of sp³-hybridized carbons (Fsp3) is 0.933. The van der Waals surface area contributed by atoms with Gasteiger partial charge >= 0.3 is 0 Å². The van der Waals surface area contributed by atoms with Crippen molar-refractivity contribution in [3.8, 4) is 0 Å². The molecular weight excluding hydrogens is 272 g/mol. The zero-order valence-electron chi connectivity index (χ0n) is 14.4. The molecule has 0 atom stereocenters. The van der Waals surface area contributed by atoms with Crippen LogP contribution in [0.15, 0.2) is 0 Å². The van der Waals surface area contributed by atoms with Crippen LogP contribution in [0.5, 0.6) is 0 Å². The van der Waals surface area contributed by atoms with Gasteiger partial charge in [0.1, 0.15) is 0 Å². The molecule has 0 aromatic rings. The molecule has 132 valence electrons. The number of carbonyl (C=O) groups is 1. The lowest BCUT2D eigenvalue weighted by molar-refractivity contribution is -0.128. The molecule has 3 N–H and O–H groups in total. The van der Waals surface area contributed by atoms with Crippen molar-refractivity contribution in [3.63, 3.8) is 0 Å². The molecule has 0 unspecified atom stereocenters. The number of hydrogen-bond donors (Lipinski definition) is 2. The van der Waals surface area contributed by atoms with E-state index in [9.17, 15) is 4.79 Å². The van der Waals surface area contributed by atoms with Gasteiger partial charge in [-0.05, 0) is 0 Å². The number of rotatable bonds is 11. The van der Waals surface area contributed by atoms with Crippen LogP contribution in [0, 0.1) is 5.41 Å². The lowest BCUT2D eigenvalue weighted by Gasteiger charge is -2.17. The van der Waals surface area contributed by atoms with Crippen LogP contribution in [0.4, 0.5) is 0 Å². The topological polar surface area (TPSA) is 82.8 Å². The average Bonchev–Trinajstić information content (AvgIpc) is 2.45. The van der Waals surface area contributed by atoms with Crippen molar-refractivity contribution in [3.05, 3.63) is 0 Å². The number of nitrogens with one attached hydrogen (secondary N) is 1. The molecule has 0 heterocycles. The van der Waals surface area contributed by atoms with Crippen LogP contribution in [0.1, 0.15) is 37.5 Å². The fourth-order valence-corrected chi connectivity index (χ4v) is 1.13. The van der Waals surface area contributed by atoms with Crippen LogP contribution in [-0.4, -0.2) is 58.6 Å². The van der Waals surface area contributed by atoms with E-state index in [0.717, 1.165) is 0 Å². The number of hydrogen-bond acceptors (Lipinski definition) is 5. The Morgan fingerprint density at radius 1 is 0.952 bits per heavy atom. The van der Waals surface area contributed by atoms with Gasteiger partial charge in [0.05, 0.1) is 39.6 Å². The summed E-state index contributed by atoms with van der Waals surface area (Å²) in [7, 11) is 0. The second kappa shape index (κ2) is 15.7. The van der Waals surface area contributed by atoms with Crippen molar-refractivity contribution >= 4 is 5.91 Å². The number of nitrogens with two attached hydrogens (primary N) is 1. The highest BCUT2D eigenvalue weighted by molar-refractivity contribution is 5.81. The fourth-order valence-electron chi connectivity index (χ4n) is 1.13. The van der Waals surface area contributed by atoms with Gasteiger partial charge in [-0.1, -0.05) is 34.6 Å². The molecule has 0 bridgehead atoms. The predicted molar refractivity (Wildman–Crippen MR) is 89.6 cm³/mol. The highest BCUT2D eigenvalue weighted by Crippen LogP contribution is 2.11. The molecule has 0 aliphatic carbocycles. The molecule has 0 rings (SSSR count). The van der Waals surface area contributed by atoms with Gasteiger partial charge in [-0.3, -0.25) is 4.79 Å². The van der Waals surface area contributed by atoms with Crippen molar-refractivity contribution in [2.45, 2.75) is 34.6 Å². The molecule has 6 heteroatoms. The third-order valence-electron chi connectivity index (χ3n) is 2.22.